The monoisotopic (exact) mass is 300 g/mol. The molecule has 7 heteroatoms. The van der Waals surface area contributed by atoms with Crippen molar-refractivity contribution < 1.29 is 14.7 Å². The lowest BCUT2D eigenvalue weighted by atomic mass is 10.3. The first kappa shape index (κ1) is 14.3. The van der Waals surface area contributed by atoms with Crippen molar-refractivity contribution in [2.24, 2.45) is 0 Å². The number of thioether (sulfide) groups is 2. The Hall–Kier alpha value is -1.08. The van der Waals surface area contributed by atoms with Crippen LogP contribution >= 0.6 is 23.5 Å². The fourth-order valence-corrected chi connectivity index (χ4v) is 4.47. The standard InChI is InChI=1S/C12H16N2O3S2/c15-11(16)7-14-3-1-2-10(14)12(17)13-6-9-8-18-4-5-19-9/h1-3,9H,4-8H2,(H,13,17)(H,15,16). The van der Waals surface area contributed by atoms with Crippen molar-refractivity contribution in [1.82, 2.24) is 9.88 Å². The number of hydrogen-bond acceptors (Lipinski definition) is 4. The molecule has 1 unspecified atom stereocenters. The van der Waals surface area contributed by atoms with Crippen LogP contribution in [0.2, 0.25) is 0 Å². The number of amides is 1. The van der Waals surface area contributed by atoms with E-state index in [0.29, 0.717) is 17.5 Å². The van der Waals surface area contributed by atoms with E-state index in [1.807, 2.05) is 23.5 Å². The first-order valence-electron chi connectivity index (χ1n) is 6.01. The lowest BCUT2D eigenvalue weighted by Crippen LogP contribution is -2.34. The largest absolute Gasteiger partial charge is 0.480 e. The Kier molecular flexibility index (Phi) is 5.21. The van der Waals surface area contributed by atoms with E-state index in [9.17, 15) is 9.59 Å². The molecule has 2 N–H and O–H groups in total. The van der Waals surface area contributed by atoms with E-state index in [4.69, 9.17) is 5.11 Å². The molecule has 0 aliphatic carbocycles. The zero-order valence-corrected chi connectivity index (χ0v) is 12.0. The Morgan fingerprint density at radius 3 is 3.00 bits per heavy atom. The molecule has 1 aromatic heterocycles. The van der Waals surface area contributed by atoms with Gasteiger partial charge >= 0.3 is 5.97 Å². The molecule has 1 aliphatic heterocycles. The van der Waals surface area contributed by atoms with Crippen molar-refractivity contribution in [3.05, 3.63) is 24.0 Å². The Labute approximate surface area is 120 Å². The van der Waals surface area contributed by atoms with E-state index in [1.54, 1.807) is 18.3 Å². The Bertz CT molecular complexity index is 456. The lowest BCUT2D eigenvalue weighted by molar-refractivity contribution is -0.137. The molecule has 1 atom stereocenters. The third-order valence-corrected chi connectivity index (χ3v) is 5.59. The van der Waals surface area contributed by atoms with Crippen LogP contribution in [-0.4, -0.2) is 50.6 Å². The molecule has 0 spiro atoms. The maximum atomic E-state index is 12.0. The van der Waals surface area contributed by atoms with Gasteiger partial charge in [0.25, 0.3) is 5.91 Å². The first-order chi connectivity index (χ1) is 9.16. The third-order valence-electron chi connectivity index (χ3n) is 2.74. The van der Waals surface area contributed by atoms with Gasteiger partial charge in [0.2, 0.25) is 0 Å². The third kappa shape index (κ3) is 4.21. The summed E-state index contributed by atoms with van der Waals surface area (Å²) in [6.45, 7) is 0.443. The van der Waals surface area contributed by atoms with Gasteiger partial charge in [-0.1, -0.05) is 0 Å². The minimum Gasteiger partial charge on any atom is -0.480 e. The molecule has 1 fully saturated rings. The molecule has 0 bridgehead atoms. The molecular formula is C12H16N2O3S2. The van der Waals surface area contributed by atoms with Gasteiger partial charge in [-0.2, -0.15) is 23.5 Å². The van der Waals surface area contributed by atoms with Gasteiger partial charge in [-0.3, -0.25) is 9.59 Å². The Morgan fingerprint density at radius 2 is 2.32 bits per heavy atom. The summed E-state index contributed by atoms with van der Waals surface area (Å²) in [6.07, 6.45) is 1.61. The van der Waals surface area contributed by atoms with Crippen molar-refractivity contribution >= 4 is 35.4 Å². The number of aromatic nitrogens is 1. The highest BCUT2D eigenvalue weighted by molar-refractivity contribution is 8.06. The minimum atomic E-state index is -0.954. The molecule has 2 rings (SSSR count). The number of carbonyl (C=O) groups is 2. The average molecular weight is 300 g/mol. The van der Waals surface area contributed by atoms with Crippen molar-refractivity contribution in [2.75, 3.05) is 23.8 Å². The number of aliphatic carboxylic acids is 1. The van der Waals surface area contributed by atoms with Crippen molar-refractivity contribution in [2.45, 2.75) is 11.8 Å². The fourth-order valence-electron chi connectivity index (χ4n) is 1.86. The van der Waals surface area contributed by atoms with Gasteiger partial charge in [0.15, 0.2) is 0 Å². The summed E-state index contributed by atoms with van der Waals surface area (Å²) in [4.78, 5) is 22.7. The van der Waals surface area contributed by atoms with Crippen LogP contribution in [-0.2, 0) is 11.3 Å². The zero-order chi connectivity index (χ0) is 13.7. The normalized spacial score (nSPS) is 19.1. The van der Waals surface area contributed by atoms with Crippen LogP contribution in [0.5, 0.6) is 0 Å². The van der Waals surface area contributed by atoms with Crippen LogP contribution in [0.3, 0.4) is 0 Å². The van der Waals surface area contributed by atoms with Crippen LogP contribution in [0.15, 0.2) is 18.3 Å². The van der Waals surface area contributed by atoms with E-state index in [0.717, 1.165) is 11.5 Å². The van der Waals surface area contributed by atoms with Crippen molar-refractivity contribution in [1.29, 1.82) is 0 Å². The Morgan fingerprint density at radius 1 is 1.47 bits per heavy atom. The molecule has 1 aliphatic rings. The van der Waals surface area contributed by atoms with Gasteiger partial charge in [0.1, 0.15) is 12.2 Å². The number of nitrogens with zero attached hydrogens (tertiary/aromatic N) is 1. The molecule has 0 aromatic carbocycles. The minimum absolute atomic E-state index is 0.191. The smallest absolute Gasteiger partial charge is 0.323 e. The molecule has 104 valence electrons. The van der Waals surface area contributed by atoms with Gasteiger partial charge in [0, 0.05) is 35.3 Å². The molecule has 1 aromatic rings. The van der Waals surface area contributed by atoms with Crippen molar-refractivity contribution in [3.8, 4) is 0 Å². The second kappa shape index (κ2) is 6.91. The zero-order valence-electron chi connectivity index (χ0n) is 10.4. The van der Waals surface area contributed by atoms with Crippen molar-refractivity contribution in [3.63, 3.8) is 0 Å². The highest BCUT2D eigenvalue weighted by atomic mass is 32.2. The maximum absolute atomic E-state index is 12.0. The van der Waals surface area contributed by atoms with Gasteiger partial charge in [-0.25, -0.2) is 0 Å². The van der Waals surface area contributed by atoms with Crippen LogP contribution in [0.1, 0.15) is 10.5 Å². The average Bonchev–Trinajstić information content (AvgIpc) is 2.84. The second-order valence-corrected chi connectivity index (χ2v) is 6.75. The predicted molar refractivity (Wildman–Crippen MR) is 78.0 cm³/mol. The highest BCUT2D eigenvalue weighted by Gasteiger charge is 2.17. The van der Waals surface area contributed by atoms with Gasteiger partial charge < -0.3 is 15.0 Å². The van der Waals surface area contributed by atoms with E-state index in [2.05, 4.69) is 5.32 Å². The number of carbonyl (C=O) groups excluding carboxylic acids is 1. The van der Waals surface area contributed by atoms with E-state index < -0.39 is 5.97 Å². The fraction of sp³-hybridized carbons (Fsp3) is 0.500. The Balaban J connectivity index is 1.88. The summed E-state index contributed by atoms with van der Waals surface area (Å²) in [5.74, 6) is 2.20. The highest BCUT2D eigenvalue weighted by Crippen LogP contribution is 2.23. The summed E-state index contributed by atoms with van der Waals surface area (Å²) in [7, 11) is 0. The molecule has 5 nitrogen and oxygen atoms in total. The number of rotatable bonds is 5. The van der Waals surface area contributed by atoms with E-state index >= 15 is 0 Å². The van der Waals surface area contributed by atoms with E-state index in [-0.39, 0.29) is 12.5 Å². The topological polar surface area (TPSA) is 71.3 Å². The molecule has 0 radical (unpaired) electrons. The van der Waals surface area contributed by atoms with Crippen LogP contribution in [0.25, 0.3) is 0 Å². The lowest BCUT2D eigenvalue weighted by Gasteiger charge is -2.21. The molecular weight excluding hydrogens is 284 g/mol. The second-order valence-electron chi connectivity index (χ2n) is 4.19. The van der Waals surface area contributed by atoms with Crippen LogP contribution in [0, 0.1) is 0 Å². The molecule has 1 saturated heterocycles. The van der Waals surface area contributed by atoms with E-state index in [1.165, 1.54) is 10.3 Å². The van der Waals surface area contributed by atoms with Gasteiger partial charge in [-0.15, -0.1) is 0 Å². The number of carboxylic acids is 1. The van der Waals surface area contributed by atoms with Crippen LogP contribution in [0.4, 0.5) is 0 Å². The summed E-state index contributed by atoms with van der Waals surface area (Å²) in [6, 6.07) is 3.32. The van der Waals surface area contributed by atoms with Gasteiger partial charge in [-0.05, 0) is 12.1 Å². The van der Waals surface area contributed by atoms with Crippen LogP contribution < -0.4 is 5.32 Å². The number of hydrogen-bond donors (Lipinski definition) is 2. The summed E-state index contributed by atoms with van der Waals surface area (Å²) in [5, 5.41) is 12.1. The molecule has 2 heterocycles. The first-order valence-corrected chi connectivity index (χ1v) is 8.21. The number of nitrogens with one attached hydrogen (secondary N) is 1. The predicted octanol–water partition coefficient (Wildman–Crippen LogP) is 1.15. The summed E-state index contributed by atoms with van der Waals surface area (Å²) in [5.41, 5.74) is 0.399. The molecule has 0 saturated carbocycles. The number of carboxylic acid groups (broad SMARTS) is 1. The summed E-state index contributed by atoms with van der Waals surface area (Å²) >= 11 is 3.79. The van der Waals surface area contributed by atoms with Gasteiger partial charge in [0.05, 0.1) is 0 Å². The molecule has 1 amide bonds. The summed E-state index contributed by atoms with van der Waals surface area (Å²) < 4.78 is 1.44. The SMILES string of the molecule is O=C(O)Cn1cccc1C(=O)NCC1CSCCS1. The maximum Gasteiger partial charge on any atom is 0.323 e. The quantitative estimate of drug-likeness (QED) is 0.853. The molecule has 19 heavy (non-hydrogen) atoms.